The molecule has 0 saturated carbocycles. The van der Waals surface area contributed by atoms with Gasteiger partial charge in [0.05, 0.1) is 11.1 Å². The molecule has 0 bridgehead atoms. The molecule has 0 unspecified atom stereocenters. The maximum atomic E-state index is 12.6. The second-order valence-corrected chi connectivity index (χ2v) is 3.92. The average Bonchev–Trinajstić information content (AvgIpc) is 2.38. The van der Waals surface area contributed by atoms with E-state index in [1.54, 1.807) is 18.2 Å². The third-order valence-electron chi connectivity index (χ3n) is 2.60. The van der Waals surface area contributed by atoms with Crippen LogP contribution in [0, 0.1) is 0 Å². The number of aromatic hydroxyl groups is 1. The second-order valence-electron chi connectivity index (χ2n) is 3.92. The molecule has 0 spiro atoms. The number of hydrogen-bond donors (Lipinski definition) is 1. The van der Waals surface area contributed by atoms with Crippen LogP contribution in [0.4, 0.5) is 13.2 Å². The molecular weight excluding hydrogens is 257 g/mol. The Kier molecular flexibility index (Phi) is 3.29. The maximum Gasteiger partial charge on any atom is 0.416 e. The fourth-order valence-corrected chi connectivity index (χ4v) is 1.64. The zero-order valence-electron chi connectivity index (χ0n) is 9.61. The molecule has 2 rings (SSSR count). The lowest BCUT2D eigenvalue weighted by molar-refractivity contribution is -0.137. The van der Waals surface area contributed by atoms with Gasteiger partial charge in [0.1, 0.15) is 5.75 Å². The number of phenolic OH excluding ortho intramolecular Hbond substituents is 1. The van der Waals surface area contributed by atoms with Gasteiger partial charge in [-0.15, -0.1) is 0 Å². The molecule has 0 aliphatic rings. The van der Waals surface area contributed by atoms with Crippen LogP contribution in [0.2, 0.25) is 0 Å². The molecule has 0 aliphatic carbocycles. The Balaban J connectivity index is 2.48. The third-order valence-corrected chi connectivity index (χ3v) is 2.60. The van der Waals surface area contributed by atoms with Crippen molar-refractivity contribution in [2.24, 2.45) is 0 Å². The van der Waals surface area contributed by atoms with E-state index in [-0.39, 0.29) is 11.1 Å². The molecule has 0 heterocycles. The van der Waals surface area contributed by atoms with E-state index in [4.69, 9.17) is 0 Å². The summed E-state index contributed by atoms with van der Waals surface area (Å²) >= 11 is 0. The van der Waals surface area contributed by atoms with E-state index < -0.39 is 23.3 Å². The standard InChI is InChI=1S/C14H9F3O2/c15-14(16,17)10-6-7-12(18)11(8-10)13(19)9-4-2-1-3-5-9/h1-8,18H. The zero-order chi connectivity index (χ0) is 14.0. The van der Waals surface area contributed by atoms with E-state index in [1.807, 2.05) is 0 Å². The molecule has 2 nitrogen and oxygen atoms in total. The van der Waals surface area contributed by atoms with Crippen LogP contribution < -0.4 is 0 Å². The van der Waals surface area contributed by atoms with Crippen LogP contribution in [0.25, 0.3) is 0 Å². The van der Waals surface area contributed by atoms with Crippen molar-refractivity contribution in [1.29, 1.82) is 0 Å². The van der Waals surface area contributed by atoms with Gasteiger partial charge in [0.25, 0.3) is 0 Å². The van der Waals surface area contributed by atoms with Gasteiger partial charge < -0.3 is 5.11 Å². The van der Waals surface area contributed by atoms with E-state index in [9.17, 15) is 23.1 Å². The first-order valence-electron chi connectivity index (χ1n) is 5.39. The first kappa shape index (κ1) is 13.1. The lowest BCUT2D eigenvalue weighted by Gasteiger charge is -2.10. The van der Waals surface area contributed by atoms with Crippen molar-refractivity contribution in [3.63, 3.8) is 0 Å². The summed E-state index contributed by atoms with van der Waals surface area (Å²) < 4.78 is 37.7. The summed E-state index contributed by atoms with van der Waals surface area (Å²) in [5.74, 6) is -1.12. The first-order chi connectivity index (χ1) is 8.89. The van der Waals surface area contributed by atoms with Crippen LogP contribution in [0.1, 0.15) is 21.5 Å². The fourth-order valence-electron chi connectivity index (χ4n) is 1.64. The lowest BCUT2D eigenvalue weighted by Crippen LogP contribution is -2.08. The Morgan fingerprint density at radius 1 is 1.00 bits per heavy atom. The van der Waals surface area contributed by atoms with Gasteiger partial charge in [0, 0.05) is 5.56 Å². The summed E-state index contributed by atoms with van der Waals surface area (Å²) in [6.45, 7) is 0. The Morgan fingerprint density at radius 3 is 2.21 bits per heavy atom. The first-order valence-corrected chi connectivity index (χ1v) is 5.39. The van der Waals surface area contributed by atoms with E-state index in [2.05, 4.69) is 0 Å². The summed E-state index contributed by atoms with van der Waals surface area (Å²) in [5.41, 5.74) is -1.11. The van der Waals surface area contributed by atoms with Crippen LogP contribution in [0.5, 0.6) is 5.75 Å². The molecule has 2 aromatic rings. The minimum atomic E-state index is -4.56. The largest absolute Gasteiger partial charge is 0.507 e. The van der Waals surface area contributed by atoms with Crippen LogP contribution in [-0.2, 0) is 6.18 Å². The number of alkyl halides is 3. The predicted molar refractivity (Wildman–Crippen MR) is 63.0 cm³/mol. The number of carbonyl (C=O) groups excluding carboxylic acids is 1. The van der Waals surface area contributed by atoms with Crippen molar-refractivity contribution in [1.82, 2.24) is 0 Å². The molecule has 0 amide bonds. The summed E-state index contributed by atoms with van der Waals surface area (Å²) in [5, 5.41) is 9.54. The molecule has 0 aromatic heterocycles. The van der Waals surface area contributed by atoms with Crippen molar-refractivity contribution in [3.8, 4) is 5.75 Å². The van der Waals surface area contributed by atoms with Gasteiger partial charge in [-0.2, -0.15) is 13.2 Å². The third kappa shape index (κ3) is 2.76. The molecular formula is C14H9F3O2. The Morgan fingerprint density at radius 2 is 1.63 bits per heavy atom. The number of phenols is 1. The summed E-state index contributed by atoms with van der Waals surface area (Å²) in [4.78, 5) is 12.0. The van der Waals surface area contributed by atoms with Gasteiger partial charge in [0.2, 0.25) is 0 Å². The van der Waals surface area contributed by atoms with Crippen LogP contribution in [0.15, 0.2) is 48.5 Å². The van der Waals surface area contributed by atoms with Gasteiger partial charge in [-0.3, -0.25) is 4.79 Å². The van der Waals surface area contributed by atoms with Gasteiger partial charge in [-0.1, -0.05) is 30.3 Å². The number of benzene rings is 2. The molecule has 0 fully saturated rings. The maximum absolute atomic E-state index is 12.6. The molecule has 0 saturated heterocycles. The van der Waals surface area contributed by atoms with Crippen LogP contribution >= 0.6 is 0 Å². The number of ketones is 1. The summed E-state index contributed by atoms with van der Waals surface area (Å²) in [6, 6.07) is 10.1. The van der Waals surface area contributed by atoms with Gasteiger partial charge in [-0.05, 0) is 18.2 Å². The topological polar surface area (TPSA) is 37.3 Å². The van der Waals surface area contributed by atoms with Crippen LogP contribution in [0.3, 0.4) is 0 Å². The highest BCUT2D eigenvalue weighted by Gasteiger charge is 2.31. The highest BCUT2D eigenvalue weighted by atomic mass is 19.4. The molecule has 0 radical (unpaired) electrons. The lowest BCUT2D eigenvalue weighted by atomic mass is 10.0. The molecule has 2 aromatic carbocycles. The van der Waals surface area contributed by atoms with E-state index in [0.717, 1.165) is 12.1 Å². The van der Waals surface area contributed by atoms with Crippen molar-refractivity contribution in [3.05, 3.63) is 65.2 Å². The van der Waals surface area contributed by atoms with Gasteiger partial charge >= 0.3 is 6.18 Å². The molecule has 98 valence electrons. The van der Waals surface area contributed by atoms with Crippen LogP contribution in [-0.4, -0.2) is 10.9 Å². The van der Waals surface area contributed by atoms with E-state index in [0.29, 0.717) is 6.07 Å². The van der Waals surface area contributed by atoms with Crippen molar-refractivity contribution >= 4 is 5.78 Å². The Hall–Kier alpha value is -2.30. The zero-order valence-corrected chi connectivity index (χ0v) is 9.61. The van der Waals surface area contributed by atoms with Crippen molar-refractivity contribution in [2.45, 2.75) is 6.18 Å². The molecule has 5 heteroatoms. The molecule has 0 aliphatic heterocycles. The van der Waals surface area contributed by atoms with Crippen molar-refractivity contribution < 1.29 is 23.1 Å². The fraction of sp³-hybridized carbons (Fsp3) is 0.0714. The second kappa shape index (κ2) is 4.76. The van der Waals surface area contributed by atoms with Gasteiger partial charge in [-0.25, -0.2) is 0 Å². The smallest absolute Gasteiger partial charge is 0.416 e. The number of hydrogen-bond acceptors (Lipinski definition) is 2. The SMILES string of the molecule is O=C(c1ccccc1)c1cc(C(F)(F)F)ccc1O. The molecule has 1 N–H and O–H groups in total. The number of rotatable bonds is 2. The normalized spacial score (nSPS) is 11.3. The predicted octanol–water partition coefficient (Wildman–Crippen LogP) is 3.64. The molecule has 19 heavy (non-hydrogen) atoms. The van der Waals surface area contributed by atoms with Gasteiger partial charge in [0.15, 0.2) is 5.78 Å². The summed E-state index contributed by atoms with van der Waals surface area (Å²) in [6.07, 6.45) is -4.56. The average molecular weight is 266 g/mol. The highest BCUT2D eigenvalue weighted by molar-refractivity contribution is 6.10. The Labute approximate surface area is 107 Å². The summed E-state index contributed by atoms with van der Waals surface area (Å²) in [7, 11) is 0. The highest BCUT2D eigenvalue weighted by Crippen LogP contribution is 2.32. The number of halogens is 3. The van der Waals surface area contributed by atoms with Crippen molar-refractivity contribution in [2.75, 3.05) is 0 Å². The van der Waals surface area contributed by atoms with E-state index >= 15 is 0 Å². The minimum Gasteiger partial charge on any atom is -0.507 e. The quantitative estimate of drug-likeness (QED) is 0.842. The van der Waals surface area contributed by atoms with E-state index in [1.165, 1.54) is 12.1 Å². The number of carbonyl (C=O) groups is 1. The Bertz CT molecular complexity index is 604. The minimum absolute atomic E-state index is 0.220. The molecule has 0 atom stereocenters. The monoisotopic (exact) mass is 266 g/mol.